The van der Waals surface area contributed by atoms with E-state index in [-0.39, 0.29) is 11.2 Å². The summed E-state index contributed by atoms with van der Waals surface area (Å²) in [5.41, 5.74) is 0.869. The molecule has 2 aliphatic carbocycles. The summed E-state index contributed by atoms with van der Waals surface area (Å²) >= 11 is 0. The van der Waals surface area contributed by atoms with Gasteiger partial charge < -0.3 is 10.1 Å². The van der Waals surface area contributed by atoms with E-state index in [0.717, 1.165) is 13.0 Å². The molecule has 1 N–H and O–H groups in total. The Labute approximate surface area is 120 Å². The van der Waals surface area contributed by atoms with Crippen molar-refractivity contribution in [3.05, 3.63) is 30.1 Å². The van der Waals surface area contributed by atoms with E-state index in [4.69, 9.17) is 4.74 Å². The smallest absolute Gasteiger partial charge is 0.146 e. The van der Waals surface area contributed by atoms with E-state index < -0.39 is 0 Å². The lowest BCUT2D eigenvalue weighted by Crippen LogP contribution is -2.62. The summed E-state index contributed by atoms with van der Waals surface area (Å²) < 4.78 is 19.8. The third-order valence-electron chi connectivity index (χ3n) is 5.14. The number of benzene rings is 1. The Hall–Kier alpha value is -1.09. The van der Waals surface area contributed by atoms with Crippen LogP contribution in [0.1, 0.15) is 45.4 Å². The van der Waals surface area contributed by atoms with Crippen LogP contribution in [0.3, 0.4) is 0 Å². The second-order valence-corrected chi connectivity index (χ2v) is 6.15. The van der Waals surface area contributed by atoms with Crippen molar-refractivity contribution >= 4 is 5.69 Å². The quantitative estimate of drug-likeness (QED) is 0.882. The molecule has 0 amide bonds. The molecule has 0 aliphatic heterocycles. The van der Waals surface area contributed by atoms with Gasteiger partial charge in [0.2, 0.25) is 0 Å². The fourth-order valence-electron chi connectivity index (χ4n) is 4.03. The van der Waals surface area contributed by atoms with Crippen LogP contribution < -0.4 is 5.32 Å². The first-order valence-corrected chi connectivity index (χ1v) is 7.89. The molecule has 110 valence electrons. The van der Waals surface area contributed by atoms with Crippen LogP contribution in [0.25, 0.3) is 0 Å². The van der Waals surface area contributed by atoms with Gasteiger partial charge in [0.05, 0.1) is 11.8 Å². The second-order valence-electron chi connectivity index (χ2n) is 6.15. The monoisotopic (exact) mass is 277 g/mol. The van der Waals surface area contributed by atoms with Crippen molar-refractivity contribution in [2.24, 2.45) is 5.41 Å². The molecule has 0 bridgehead atoms. The number of hydrogen-bond donors (Lipinski definition) is 1. The second kappa shape index (κ2) is 5.72. The number of hydrogen-bond acceptors (Lipinski definition) is 2. The number of nitrogens with one attached hydrogen (secondary N) is 1. The first kappa shape index (κ1) is 13.9. The zero-order valence-corrected chi connectivity index (χ0v) is 12.2. The highest BCUT2D eigenvalue weighted by atomic mass is 19.1. The third kappa shape index (κ3) is 2.32. The van der Waals surface area contributed by atoms with Crippen molar-refractivity contribution in [2.45, 2.75) is 57.6 Å². The van der Waals surface area contributed by atoms with Crippen LogP contribution in [0.5, 0.6) is 0 Å². The Morgan fingerprint density at radius 2 is 2.00 bits per heavy atom. The maximum Gasteiger partial charge on any atom is 0.146 e. The van der Waals surface area contributed by atoms with E-state index in [0.29, 0.717) is 17.8 Å². The molecule has 0 heterocycles. The van der Waals surface area contributed by atoms with E-state index in [9.17, 15) is 4.39 Å². The molecule has 1 aromatic carbocycles. The van der Waals surface area contributed by atoms with Crippen molar-refractivity contribution < 1.29 is 9.13 Å². The Morgan fingerprint density at radius 1 is 1.25 bits per heavy atom. The average molecular weight is 277 g/mol. The molecular formula is C17H24FNO. The van der Waals surface area contributed by atoms with Gasteiger partial charge in [0.1, 0.15) is 5.82 Å². The van der Waals surface area contributed by atoms with Crippen molar-refractivity contribution in [1.82, 2.24) is 0 Å². The largest absolute Gasteiger partial charge is 0.379 e. The predicted molar refractivity (Wildman–Crippen MR) is 79.4 cm³/mol. The summed E-state index contributed by atoms with van der Waals surface area (Å²) in [6.07, 6.45) is 7.66. The van der Waals surface area contributed by atoms with Crippen LogP contribution in [-0.2, 0) is 4.74 Å². The van der Waals surface area contributed by atoms with Gasteiger partial charge in [-0.15, -0.1) is 0 Å². The summed E-state index contributed by atoms with van der Waals surface area (Å²) in [5, 5.41) is 3.44. The molecule has 3 heteroatoms. The van der Waals surface area contributed by atoms with Gasteiger partial charge in [-0.3, -0.25) is 0 Å². The van der Waals surface area contributed by atoms with Crippen LogP contribution in [0, 0.1) is 11.2 Å². The minimum atomic E-state index is -0.154. The molecule has 1 aromatic rings. The Bertz CT molecular complexity index is 456. The van der Waals surface area contributed by atoms with Gasteiger partial charge in [-0.2, -0.15) is 0 Å². The molecule has 3 rings (SSSR count). The highest BCUT2D eigenvalue weighted by molar-refractivity contribution is 5.46. The van der Waals surface area contributed by atoms with E-state index in [1.165, 1.54) is 38.2 Å². The zero-order chi connectivity index (χ0) is 14.0. The molecule has 20 heavy (non-hydrogen) atoms. The molecule has 0 aromatic heterocycles. The Balaban J connectivity index is 1.75. The number of para-hydroxylation sites is 1. The number of rotatable bonds is 4. The van der Waals surface area contributed by atoms with Gasteiger partial charge in [-0.1, -0.05) is 31.4 Å². The average Bonchev–Trinajstić information content (AvgIpc) is 2.49. The lowest BCUT2D eigenvalue weighted by atomic mass is 9.55. The van der Waals surface area contributed by atoms with E-state index in [2.05, 4.69) is 12.2 Å². The Morgan fingerprint density at radius 3 is 2.70 bits per heavy atom. The molecule has 2 saturated carbocycles. The third-order valence-corrected chi connectivity index (χ3v) is 5.14. The molecular weight excluding hydrogens is 253 g/mol. The van der Waals surface area contributed by atoms with Crippen molar-refractivity contribution in [3.8, 4) is 0 Å². The molecule has 2 fully saturated rings. The maximum absolute atomic E-state index is 13.8. The molecule has 0 radical (unpaired) electrons. The SMILES string of the molecule is CCOC1CC(Nc2ccccc2F)C12CCCCC2. The summed E-state index contributed by atoms with van der Waals surface area (Å²) in [7, 11) is 0. The van der Waals surface area contributed by atoms with Crippen molar-refractivity contribution in [3.63, 3.8) is 0 Å². The van der Waals surface area contributed by atoms with Gasteiger partial charge in [0, 0.05) is 18.1 Å². The van der Waals surface area contributed by atoms with E-state index >= 15 is 0 Å². The standard InChI is InChI=1S/C17H24FNO/c1-2-20-16-12-15(17(16)10-6-3-7-11-17)19-14-9-5-4-8-13(14)18/h4-5,8-9,15-16,19H,2-3,6-7,10-12H2,1H3. The minimum absolute atomic E-state index is 0.154. The summed E-state index contributed by atoms with van der Waals surface area (Å²) in [5.74, 6) is -0.154. The van der Waals surface area contributed by atoms with Gasteiger partial charge in [-0.05, 0) is 38.3 Å². The molecule has 0 saturated heterocycles. The van der Waals surface area contributed by atoms with Crippen LogP contribution in [-0.4, -0.2) is 18.8 Å². The first-order chi connectivity index (χ1) is 9.76. The fourth-order valence-corrected chi connectivity index (χ4v) is 4.03. The van der Waals surface area contributed by atoms with Crippen molar-refractivity contribution in [2.75, 3.05) is 11.9 Å². The molecule has 2 unspecified atom stereocenters. The van der Waals surface area contributed by atoms with Crippen LogP contribution in [0.15, 0.2) is 24.3 Å². The first-order valence-electron chi connectivity index (χ1n) is 7.89. The Kier molecular flexibility index (Phi) is 3.97. The van der Waals surface area contributed by atoms with Gasteiger partial charge in [0.15, 0.2) is 0 Å². The fraction of sp³-hybridized carbons (Fsp3) is 0.647. The molecule has 2 atom stereocenters. The summed E-state index contributed by atoms with van der Waals surface area (Å²) in [6, 6.07) is 7.34. The summed E-state index contributed by atoms with van der Waals surface area (Å²) in [6.45, 7) is 2.84. The lowest BCUT2D eigenvalue weighted by molar-refractivity contribution is -0.134. The van der Waals surface area contributed by atoms with Crippen LogP contribution in [0.4, 0.5) is 10.1 Å². The number of ether oxygens (including phenoxy) is 1. The van der Waals surface area contributed by atoms with E-state index in [1.54, 1.807) is 6.07 Å². The highest BCUT2D eigenvalue weighted by Gasteiger charge is 2.55. The predicted octanol–water partition coefficient (Wildman–Crippen LogP) is 4.37. The molecule has 2 nitrogen and oxygen atoms in total. The van der Waals surface area contributed by atoms with Crippen LogP contribution in [0.2, 0.25) is 0 Å². The highest BCUT2D eigenvalue weighted by Crippen LogP contribution is 2.54. The lowest BCUT2D eigenvalue weighted by Gasteiger charge is -2.58. The normalized spacial score (nSPS) is 28.1. The van der Waals surface area contributed by atoms with Crippen molar-refractivity contribution in [1.29, 1.82) is 0 Å². The number of halogens is 1. The summed E-state index contributed by atoms with van der Waals surface area (Å²) in [4.78, 5) is 0. The van der Waals surface area contributed by atoms with Gasteiger partial charge in [0.25, 0.3) is 0 Å². The molecule has 2 aliphatic rings. The minimum Gasteiger partial charge on any atom is -0.379 e. The number of anilines is 1. The topological polar surface area (TPSA) is 21.3 Å². The zero-order valence-electron chi connectivity index (χ0n) is 12.2. The molecule has 1 spiro atoms. The maximum atomic E-state index is 13.8. The van der Waals surface area contributed by atoms with E-state index in [1.807, 2.05) is 12.1 Å². The van der Waals surface area contributed by atoms with Crippen LogP contribution >= 0.6 is 0 Å². The van der Waals surface area contributed by atoms with Gasteiger partial charge in [-0.25, -0.2) is 4.39 Å². The van der Waals surface area contributed by atoms with Gasteiger partial charge >= 0.3 is 0 Å².